The molecule has 4 heteroatoms. The molecule has 0 saturated heterocycles. The Kier molecular flexibility index (Phi) is 8.34. The zero-order valence-corrected chi connectivity index (χ0v) is 28.0. The Morgan fingerprint density at radius 3 is 0.940 bits per heavy atom. The maximum Gasteiger partial charge on any atom is 0.119 e. The summed E-state index contributed by atoms with van der Waals surface area (Å²) in [5, 5.41) is 0. The molecule has 0 bridgehead atoms. The van der Waals surface area contributed by atoms with Crippen LogP contribution in [-0.2, 0) is 0 Å². The van der Waals surface area contributed by atoms with E-state index < -0.39 is 0 Å². The third kappa shape index (κ3) is 5.67. The molecule has 8 rings (SSSR count). The molecule has 0 aliphatic heterocycles. The van der Waals surface area contributed by atoms with Gasteiger partial charge in [-0.1, -0.05) is 121 Å². The van der Waals surface area contributed by atoms with Gasteiger partial charge in [-0.05, 0) is 82.9 Å². The van der Waals surface area contributed by atoms with Gasteiger partial charge in [-0.15, -0.1) is 0 Å². The number of nitrogens with zero attached hydrogens (tertiary/aromatic N) is 2. The second-order valence-electron chi connectivity index (χ2n) is 12.1. The monoisotopic (exact) mass is 648 g/mol. The molecule has 242 valence electrons. The first-order valence-corrected chi connectivity index (χ1v) is 16.8. The molecular formula is C46H36N2O2. The fourth-order valence-corrected chi connectivity index (χ4v) is 6.83. The van der Waals surface area contributed by atoms with Crippen LogP contribution in [0.1, 0.15) is 0 Å². The minimum absolute atomic E-state index is 0.819. The van der Waals surface area contributed by atoms with Crippen molar-refractivity contribution in [3.63, 3.8) is 0 Å². The predicted octanol–water partition coefficient (Wildman–Crippen LogP) is 11.6. The van der Waals surface area contributed by atoms with Crippen molar-refractivity contribution in [1.29, 1.82) is 0 Å². The van der Waals surface area contributed by atoms with Crippen molar-refractivity contribution in [3.05, 3.63) is 182 Å². The zero-order valence-electron chi connectivity index (χ0n) is 28.0. The Hall–Kier alpha value is -6.52. The molecule has 6 aromatic carbocycles. The van der Waals surface area contributed by atoms with Gasteiger partial charge < -0.3 is 18.6 Å². The van der Waals surface area contributed by atoms with E-state index >= 15 is 0 Å². The molecule has 0 amide bonds. The molecule has 4 nitrogen and oxygen atoms in total. The van der Waals surface area contributed by atoms with Gasteiger partial charge in [-0.25, -0.2) is 0 Å². The van der Waals surface area contributed by atoms with Crippen LogP contribution >= 0.6 is 0 Å². The van der Waals surface area contributed by atoms with Crippen molar-refractivity contribution in [3.8, 4) is 79.0 Å². The van der Waals surface area contributed by atoms with Gasteiger partial charge in [0, 0.05) is 22.5 Å². The number of hydrogen-bond acceptors (Lipinski definition) is 2. The topological polar surface area (TPSA) is 28.3 Å². The summed E-state index contributed by atoms with van der Waals surface area (Å²) in [5.41, 5.74) is 13.3. The minimum atomic E-state index is 0.819. The van der Waals surface area contributed by atoms with Crippen LogP contribution in [0.25, 0.3) is 67.5 Å². The van der Waals surface area contributed by atoms with E-state index in [0.717, 1.165) is 79.0 Å². The van der Waals surface area contributed by atoms with Gasteiger partial charge in [0.2, 0.25) is 0 Å². The summed E-state index contributed by atoms with van der Waals surface area (Å²) in [7, 11) is 3.41. The minimum Gasteiger partial charge on any atom is -0.497 e. The van der Waals surface area contributed by atoms with E-state index in [1.807, 2.05) is 24.3 Å². The highest BCUT2D eigenvalue weighted by Gasteiger charge is 2.27. The van der Waals surface area contributed by atoms with Crippen LogP contribution in [0.4, 0.5) is 0 Å². The fraction of sp³-hybridized carbons (Fsp3) is 0.0435. The molecule has 0 saturated carbocycles. The molecule has 0 atom stereocenters. The van der Waals surface area contributed by atoms with E-state index in [0.29, 0.717) is 0 Å². The van der Waals surface area contributed by atoms with Gasteiger partial charge in [0.15, 0.2) is 0 Å². The van der Waals surface area contributed by atoms with Crippen LogP contribution in [0.15, 0.2) is 182 Å². The van der Waals surface area contributed by atoms with Crippen LogP contribution in [0, 0.1) is 0 Å². The van der Waals surface area contributed by atoms with E-state index in [1.54, 1.807) is 14.2 Å². The van der Waals surface area contributed by atoms with E-state index in [2.05, 4.69) is 167 Å². The molecule has 0 fully saturated rings. The summed E-state index contributed by atoms with van der Waals surface area (Å²) >= 11 is 0. The Morgan fingerprint density at radius 2 is 0.640 bits per heavy atom. The largest absolute Gasteiger partial charge is 0.497 e. The molecule has 0 aliphatic rings. The SMILES string of the molecule is COc1ccc(-n2c(-c3ccccc3)cc(-c3cc(-c4ccccc4)n(-c4ccc(OC)cc4)c3-c3ccccc3)c2-c2ccccc2)cc1. The van der Waals surface area contributed by atoms with Crippen LogP contribution in [0.2, 0.25) is 0 Å². The number of aromatic nitrogens is 2. The Morgan fingerprint density at radius 1 is 0.340 bits per heavy atom. The fourth-order valence-electron chi connectivity index (χ4n) is 6.83. The lowest BCUT2D eigenvalue weighted by atomic mass is 9.97. The van der Waals surface area contributed by atoms with Gasteiger partial charge in [0.25, 0.3) is 0 Å². The van der Waals surface area contributed by atoms with Crippen molar-refractivity contribution in [2.75, 3.05) is 14.2 Å². The molecule has 2 aromatic heterocycles. The summed E-state index contributed by atoms with van der Waals surface area (Å²) < 4.78 is 15.9. The number of ether oxygens (including phenoxy) is 2. The molecule has 0 unspecified atom stereocenters. The Bertz CT molecular complexity index is 2170. The van der Waals surface area contributed by atoms with E-state index in [1.165, 1.54) is 0 Å². The smallest absolute Gasteiger partial charge is 0.119 e. The van der Waals surface area contributed by atoms with Crippen molar-refractivity contribution in [2.24, 2.45) is 0 Å². The quantitative estimate of drug-likeness (QED) is 0.156. The Labute approximate surface area is 293 Å². The summed E-state index contributed by atoms with van der Waals surface area (Å²) in [6.07, 6.45) is 0. The number of benzene rings is 6. The number of rotatable bonds is 9. The second kappa shape index (κ2) is 13.5. The van der Waals surface area contributed by atoms with Crippen LogP contribution < -0.4 is 9.47 Å². The molecule has 2 heterocycles. The summed E-state index contributed by atoms with van der Waals surface area (Å²) in [6, 6.07) is 64.1. The van der Waals surface area contributed by atoms with Crippen molar-refractivity contribution in [1.82, 2.24) is 9.13 Å². The molecule has 0 radical (unpaired) electrons. The zero-order chi connectivity index (χ0) is 33.9. The normalized spacial score (nSPS) is 11.0. The predicted molar refractivity (Wildman–Crippen MR) is 205 cm³/mol. The van der Waals surface area contributed by atoms with Gasteiger partial charge in [0.1, 0.15) is 11.5 Å². The van der Waals surface area contributed by atoms with E-state index in [9.17, 15) is 0 Å². The first-order valence-electron chi connectivity index (χ1n) is 16.8. The van der Waals surface area contributed by atoms with E-state index in [-0.39, 0.29) is 0 Å². The van der Waals surface area contributed by atoms with E-state index in [4.69, 9.17) is 9.47 Å². The number of hydrogen-bond donors (Lipinski definition) is 0. The third-order valence-corrected chi connectivity index (χ3v) is 9.19. The van der Waals surface area contributed by atoms with Crippen molar-refractivity contribution >= 4 is 0 Å². The van der Waals surface area contributed by atoms with Gasteiger partial charge >= 0.3 is 0 Å². The van der Waals surface area contributed by atoms with Crippen molar-refractivity contribution in [2.45, 2.75) is 0 Å². The highest BCUT2D eigenvalue weighted by molar-refractivity contribution is 5.97. The lowest BCUT2D eigenvalue weighted by Crippen LogP contribution is -2.01. The molecule has 8 aromatic rings. The molecular weight excluding hydrogens is 613 g/mol. The second-order valence-corrected chi connectivity index (χ2v) is 12.1. The highest BCUT2D eigenvalue weighted by Crippen LogP contribution is 2.48. The van der Waals surface area contributed by atoms with Crippen molar-refractivity contribution < 1.29 is 9.47 Å². The van der Waals surface area contributed by atoms with Crippen LogP contribution in [0.5, 0.6) is 11.5 Å². The summed E-state index contributed by atoms with van der Waals surface area (Å²) in [5.74, 6) is 1.64. The summed E-state index contributed by atoms with van der Waals surface area (Å²) in [4.78, 5) is 0. The lowest BCUT2D eigenvalue weighted by molar-refractivity contribution is 0.414. The molecule has 50 heavy (non-hydrogen) atoms. The van der Waals surface area contributed by atoms with Crippen LogP contribution in [0.3, 0.4) is 0 Å². The average molecular weight is 649 g/mol. The standard InChI is InChI=1S/C46H36N2O2/c1-49-39-27-23-37(24-28-39)47-43(33-15-7-3-8-16-33)31-41(45(47)35-19-11-5-12-20-35)42-32-44(34-17-9-4-10-18-34)48(38-25-29-40(50-2)30-26-38)46(42)36-21-13-6-14-22-36/h3-32H,1-2H3. The number of methoxy groups -OCH3 is 2. The molecule has 0 spiro atoms. The third-order valence-electron chi connectivity index (χ3n) is 9.19. The lowest BCUT2D eigenvalue weighted by Gasteiger charge is -2.17. The summed E-state index contributed by atoms with van der Waals surface area (Å²) in [6.45, 7) is 0. The maximum atomic E-state index is 5.57. The Balaban J connectivity index is 1.52. The first kappa shape index (κ1) is 30.8. The van der Waals surface area contributed by atoms with Crippen LogP contribution in [-0.4, -0.2) is 23.4 Å². The van der Waals surface area contributed by atoms with Gasteiger partial charge in [0.05, 0.1) is 37.0 Å². The van der Waals surface area contributed by atoms with Gasteiger partial charge in [-0.2, -0.15) is 0 Å². The highest BCUT2D eigenvalue weighted by atomic mass is 16.5. The maximum absolute atomic E-state index is 5.57. The first-order chi connectivity index (χ1) is 24.7. The average Bonchev–Trinajstić information content (AvgIpc) is 3.79. The van der Waals surface area contributed by atoms with Gasteiger partial charge in [-0.3, -0.25) is 0 Å². The molecule has 0 N–H and O–H groups in total. The molecule has 0 aliphatic carbocycles.